The Morgan fingerprint density at radius 2 is 2.07 bits per heavy atom. The van der Waals surface area contributed by atoms with E-state index < -0.39 is 0 Å². The van der Waals surface area contributed by atoms with Crippen LogP contribution in [0.1, 0.15) is 49.7 Å². The number of nitrogens with zero attached hydrogens (tertiary/aromatic N) is 4. The summed E-state index contributed by atoms with van der Waals surface area (Å²) >= 11 is 0. The van der Waals surface area contributed by atoms with Crippen LogP contribution < -0.4 is 10.6 Å². The minimum Gasteiger partial charge on any atom is -0.378 e. The van der Waals surface area contributed by atoms with Crippen LogP contribution >= 0.6 is 0 Å². The lowest BCUT2D eigenvalue weighted by Gasteiger charge is -2.22. The monoisotopic (exact) mass is 384 g/mol. The Balaban J connectivity index is 1.34. The van der Waals surface area contributed by atoms with Gasteiger partial charge in [-0.3, -0.25) is 4.99 Å². The molecular weight excluding hydrogens is 352 g/mol. The molecule has 28 heavy (non-hydrogen) atoms. The van der Waals surface area contributed by atoms with Gasteiger partial charge in [0.25, 0.3) is 0 Å². The third-order valence-electron chi connectivity index (χ3n) is 5.01. The smallest absolute Gasteiger partial charge is 0.191 e. The van der Waals surface area contributed by atoms with Gasteiger partial charge in [0.15, 0.2) is 5.96 Å². The molecule has 0 spiro atoms. The second-order valence-corrected chi connectivity index (χ2v) is 7.25. The SMILES string of the molecule is CN=C(NCCCOC1CCCCC1)NCc1cccc(Cn2cncn2)c1. The van der Waals surface area contributed by atoms with Crippen molar-refractivity contribution in [3.05, 3.63) is 48.0 Å². The first-order valence-electron chi connectivity index (χ1n) is 10.3. The number of hydrogen-bond acceptors (Lipinski definition) is 4. The zero-order valence-corrected chi connectivity index (χ0v) is 16.8. The molecule has 0 bridgehead atoms. The van der Waals surface area contributed by atoms with E-state index in [9.17, 15) is 0 Å². The van der Waals surface area contributed by atoms with Crippen molar-refractivity contribution in [2.24, 2.45) is 4.99 Å². The van der Waals surface area contributed by atoms with Crippen LogP contribution in [0, 0.1) is 0 Å². The Labute approximate surface area is 167 Å². The first-order chi connectivity index (χ1) is 13.8. The van der Waals surface area contributed by atoms with Crippen molar-refractivity contribution in [1.82, 2.24) is 25.4 Å². The highest BCUT2D eigenvalue weighted by Crippen LogP contribution is 2.20. The van der Waals surface area contributed by atoms with E-state index in [1.54, 1.807) is 19.7 Å². The molecule has 1 fully saturated rings. The molecule has 7 heteroatoms. The fourth-order valence-electron chi connectivity index (χ4n) is 3.51. The highest BCUT2D eigenvalue weighted by atomic mass is 16.5. The molecule has 1 aliphatic rings. The highest BCUT2D eigenvalue weighted by Gasteiger charge is 2.12. The zero-order chi connectivity index (χ0) is 19.4. The summed E-state index contributed by atoms with van der Waals surface area (Å²) in [7, 11) is 1.80. The summed E-state index contributed by atoms with van der Waals surface area (Å²) in [5.74, 6) is 0.819. The number of benzene rings is 1. The summed E-state index contributed by atoms with van der Waals surface area (Å²) in [6.45, 7) is 3.13. The molecular formula is C21H32N6O. The van der Waals surface area contributed by atoms with Crippen molar-refractivity contribution in [2.75, 3.05) is 20.2 Å². The summed E-state index contributed by atoms with van der Waals surface area (Å²) in [6, 6.07) is 8.47. The summed E-state index contributed by atoms with van der Waals surface area (Å²) < 4.78 is 7.79. The molecule has 0 amide bonds. The molecule has 0 radical (unpaired) electrons. The van der Waals surface area contributed by atoms with Gasteiger partial charge in [-0.2, -0.15) is 5.10 Å². The third-order valence-corrected chi connectivity index (χ3v) is 5.01. The van der Waals surface area contributed by atoms with Crippen molar-refractivity contribution in [1.29, 1.82) is 0 Å². The molecule has 2 N–H and O–H groups in total. The van der Waals surface area contributed by atoms with E-state index in [2.05, 4.69) is 50.0 Å². The van der Waals surface area contributed by atoms with E-state index in [1.165, 1.54) is 43.2 Å². The van der Waals surface area contributed by atoms with Gasteiger partial charge in [-0.05, 0) is 30.4 Å². The van der Waals surface area contributed by atoms with Gasteiger partial charge in [0.1, 0.15) is 12.7 Å². The highest BCUT2D eigenvalue weighted by molar-refractivity contribution is 5.79. The number of aliphatic imine (C=N–C) groups is 1. The van der Waals surface area contributed by atoms with E-state index in [-0.39, 0.29) is 0 Å². The Morgan fingerprint density at radius 3 is 2.86 bits per heavy atom. The van der Waals surface area contributed by atoms with Crippen molar-refractivity contribution in [2.45, 2.75) is 57.7 Å². The van der Waals surface area contributed by atoms with Crippen molar-refractivity contribution in [3.8, 4) is 0 Å². The molecule has 152 valence electrons. The van der Waals surface area contributed by atoms with Crippen LogP contribution in [0.2, 0.25) is 0 Å². The van der Waals surface area contributed by atoms with Gasteiger partial charge in [0.2, 0.25) is 0 Å². The predicted molar refractivity (Wildman–Crippen MR) is 111 cm³/mol. The van der Waals surface area contributed by atoms with Crippen LogP contribution in [0.5, 0.6) is 0 Å². The topological polar surface area (TPSA) is 76.4 Å². The second-order valence-electron chi connectivity index (χ2n) is 7.25. The molecule has 1 aromatic carbocycles. The Kier molecular flexibility index (Phi) is 8.30. The molecule has 1 heterocycles. The quantitative estimate of drug-likeness (QED) is 0.395. The normalized spacial score (nSPS) is 15.5. The maximum absolute atomic E-state index is 5.97. The van der Waals surface area contributed by atoms with E-state index in [1.807, 2.05) is 4.68 Å². The average molecular weight is 385 g/mol. The summed E-state index contributed by atoms with van der Waals surface area (Å²) in [5, 5.41) is 10.9. The first-order valence-corrected chi connectivity index (χ1v) is 10.3. The molecule has 1 aromatic heterocycles. The number of rotatable bonds is 9. The lowest BCUT2D eigenvalue weighted by Crippen LogP contribution is -2.37. The molecule has 3 rings (SSSR count). The van der Waals surface area contributed by atoms with Crippen molar-refractivity contribution < 1.29 is 4.74 Å². The van der Waals surface area contributed by atoms with Crippen LogP contribution in [0.3, 0.4) is 0 Å². The number of hydrogen-bond donors (Lipinski definition) is 2. The van der Waals surface area contributed by atoms with Gasteiger partial charge in [-0.1, -0.05) is 43.5 Å². The Bertz CT molecular complexity index is 709. The van der Waals surface area contributed by atoms with Gasteiger partial charge >= 0.3 is 0 Å². The predicted octanol–water partition coefficient (Wildman–Crippen LogP) is 2.73. The maximum atomic E-state index is 5.97. The third kappa shape index (κ3) is 6.96. The standard InChI is InChI=1S/C21H32N6O/c1-22-21(24-11-6-12-28-20-9-3-2-4-10-20)25-14-18-7-5-8-19(13-18)15-27-17-23-16-26-27/h5,7-8,13,16-17,20H,2-4,6,9-12,14-15H2,1H3,(H2,22,24,25). The second kappa shape index (κ2) is 11.4. The largest absolute Gasteiger partial charge is 0.378 e. The molecule has 0 atom stereocenters. The Hall–Kier alpha value is -2.41. The molecule has 2 aromatic rings. The van der Waals surface area contributed by atoms with Gasteiger partial charge in [-0.25, -0.2) is 9.67 Å². The van der Waals surface area contributed by atoms with Crippen LogP contribution in [0.4, 0.5) is 0 Å². The van der Waals surface area contributed by atoms with Gasteiger partial charge in [0.05, 0.1) is 12.6 Å². The first kappa shape index (κ1) is 20.3. The summed E-state index contributed by atoms with van der Waals surface area (Å²) in [5.41, 5.74) is 2.41. The lowest BCUT2D eigenvalue weighted by atomic mass is 9.98. The van der Waals surface area contributed by atoms with Gasteiger partial charge < -0.3 is 15.4 Å². The number of ether oxygens (including phenoxy) is 1. The van der Waals surface area contributed by atoms with Crippen LogP contribution in [-0.4, -0.2) is 47.0 Å². The van der Waals surface area contributed by atoms with Gasteiger partial charge in [0, 0.05) is 26.7 Å². The van der Waals surface area contributed by atoms with E-state index in [0.717, 1.165) is 38.6 Å². The van der Waals surface area contributed by atoms with Crippen molar-refractivity contribution in [3.63, 3.8) is 0 Å². The van der Waals surface area contributed by atoms with E-state index in [4.69, 9.17) is 4.74 Å². The van der Waals surface area contributed by atoms with Crippen LogP contribution in [0.25, 0.3) is 0 Å². The summed E-state index contributed by atoms with van der Waals surface area (Å²) in [6.07, 6.45) is 11.2. The molecule has 0 saturated heterocycles. The molecule has 0 unspecified atom stereocenters. The fourth-order valence-corrected chi connectivity index (χ4v) is 3.51. The average Bonchev–Trinajstić information content (AvgIpc) is 3.24. The minimum absolute atomic E-state index is 0.482. The van der Waals surface area contributed by atoms with E-state index in [0.29, 0.717) is 6.10 Å². The fraction of sp³-hybridized carbons (Fsp3) is 0.571. The number of guanidine groups is 1. The molecule has 0 aliphatic heterocycles. The van der Waals surface area contributed by atoms with Crippen LogP contribution in [0.15, 0.2) is 41.9 Å². The lowest BCUT2D eigenvalue weighted by molar-refractivity contribution is 0.0277. The molecule has 1 aliphatic carbocycles. The summed E-state index contributed by atoms with van der Waals surface area (Å²) in [4.78, 5) is 8.29. The van der Waals surface area contributed by atoms with Crippen molar-refractivity contribution >= 4 is 5.96 Å². The van der Waals surface area contributed by atoms with E-state index >= 15 is 0 Å². The minimum atomic E-state index is 0.482. The molecule has 1 saturated carbocycles. The number of aromatic nitrogens is 3. The number of nitrogens with one attached hydrogen (secondary N) is 2. The van der Waals surface area contributed by atoms with Crippen LogP contribution in [-0.2, 0) is 17.8 Å². The Morgan fingerprint density at radius 1 is 1.21 bits per heavy atom. The van der Waals surface area contributed by atoms with Gasteiger partial charge in [-0.15, -0.1) is 0 Å². The zero-order valence-electron chi connectivity index (χ0n) is 16.8. The maximum Gasteiger partial charge on any atom is 0.191 e. The molecule has 7 nitrogen and oxygen atoms in total.